The molecule has 19 heavy (non-hydrogen) atoms. The fraction of sp³-hybridized carbons (Fsp3) is 0.500. The van der Waals surface area contributed by atoms with Crippen molar-refractivity contribution in [1.29, 1.82) is 0 Å². The van der Waals surface area contributed by atoms with Crippen LogP contribution in [0.15, 0.2) is 22.7 Å². The number of nitro groups is 1. The van der Waals surface area contributed by atoms with Gasteiger partial charge in [-0.3, -0.25) is 10.1 Å². The Morgan fingerprint density at radius 1 is 1.58 bits per heavy atom. The van der Waals surface area contributed by atoms with Crippen molar-refractivity contribution in [1.82, 2.24) is 5.32 Å². The molecular weight excluding hydrogens is 316 g/mol. The van der Waals surface area contributed by atoms with Gasteiger partial charge in [0.25, 0.3) is 5.69 Å². The number of hydrogen-bond acceptors (Lipinski definition) is 5. The zero-order valence-corrected chi connectivity index (χ0v) is 12.2. The third-order valence-electron chi connectivity index (χ3n) is 2.57. The van der Waals surface area contributed by atoms with E-state index >= 15 is 0 Å². The molecule has 0 aliphatic carbocycles. The number of methoxy groups -OCH3 is 1. The topological polar surface area (TPSA) is 84.6 Å². The first kappa shape index (κ1) is 16.0. The van der Waals surface area contributed by atoms with Crippen molar-refractivity contribution in [2.75, 3.05) is 20.3 Å². The first-order valence-corrected chi connectivity index (χ1v) is 6.64. The summed E-state index contributed by atoms with van der Waals surface area (Å²) in [4.78, 5) is 10.5. The molecule has 1 aromatic rings. The summed E-state index contributed by atoms with van der Waals surface area (Å²) in [5.74, 6) is 0. The Morgan fingerprint density at radius 3 is 2.95 bits per heavy atom. The molecule has 0 amide bonds. The summed E-state index contributed by atoms with van der Waals surface area (Å²) in [7, 11) is 1.53. The normalized spacial score (nSPS) is 12.4. The van der Waals surface area contributed by atoms with Crippen LogP contribution in [0.5, 0.6) is 0 Å². The summed E-state index contributed by atoms with van der Waals surface area (Å²) in [6.07, 6.45) is 0.0236. The number of benzene rings is 1. The molecule has 0 fully saturated rings. The number of rotatable bonds is 8. The monoisotopic (exact) mass is 332 g/mol. The summed E-state index contributed by atoms with van der Waals surface area (Å²) in [5.41, 5.74) is 0.703. The van der Waals surface area contributed by atoms with Gasteiger partial charge < -0.3 is 15.2 Å². The Kier molecular flexibility index (Phi) is 6.93. The molecule has 0 bridgehead atoms. The van der Waals surface area contributed by atoms with E-state index in [1.165, 1.54) is 13.2 Å². The number of aliphatic hydroxyl groups is 1. The molecule has 1 rings (SSSR count). The minimum Gasteiger partial charge on any atom is -0.391 e. The molecule has 6 nitrogen and oxygen atoms in total. The SMILES string of the molecule is COCC(O)CCNCc1ccc(Br)cc1[N+](=O)[O-]. The Bertz CT molecular complexity index is 428. The maximum absolute atomic E-state index is 10.9. The highest BCUT2D eigenvalue weighted by molar-refractivity contribution is 9.10. The maximum atomic E-state index is 10.9. The van der Waals surface area contributed by atoms with E-state index in [-0.39, 0.29) is 5.69 Å². The minimum absolute atomic E-state index is 0.0827. The molecule has 1 aromatic carbocycles. The second kappa shape index (κ2) is 8.21. The molecule has 7 heteroatoms. The van der Waals surface area contributed by atoms with E-state index in [9.17, 15) is 15.2 Å². The van der Waals surface area contributed by atoms with Gasteiger partial charge >= 0.3 is 0 Å². The van der Waals surface area contributed by atoms with Crippen LogP contribution >= 0.6 is 15.9 Å². The minimum atomic E-state index is -0.516. The molecule has 106 valence electrons. The van der Waals surface area contributed by atoms with Crippen LogP contribution in [0.1, 0.15) is 12.0 Å². The van der Waals surface area contributed by atoms with Crippen LogP contribution in [-0.4, -0.2) is 36.4 Å². The standard InChI is InChI=1S/C12H17BrN2O4/c1-19-8-11(16)4-5-14-7-9-2-3-10(13)6-12(9)15(17)18/h2-3,6,11,14,16H,4-5,7-8H2,1H3. The van der Waals surface area contributed by atoms with Crippen LogP contribution in [0.2, 0.25) is 0 Å². The van der Waals surface area contributed by atoms with Gasteiger partial charge in [-0.05, 0) is 25.1 Å². The molecule has 0 aliphatic heterocycles. The van der Waals surface area contributed by atoms with Gasteiger partial charge in [0.1, 0.15) is 0 Å². The lowest BCUT2D eigenvalue weighted by Gasteiger charge is -2.10. The van der Waals surface area contributed by atoms with Gasteiger partial charge in [-0.1, -0.05) is 15.9 Å². The molecule has 0 saturated heterocycles. The molecule has 1 unspecified atom stereocenters. The highest BCUT2D eigenvalue weighted by atomic mass is 79.9. The van der Waals surface area contributed by atoms with Crippen molar-refractivity contribution < 1.29 is 14.8 Å². The number of halogens is 1. The third kappa shape index (κ3) is 5.65. The fourth-order valence-electron chi connectivity index (χ4n) is 1.62. The number of hydrogen-bond donors (Lipinski definition) is 2. The Balaban J connectivity index is 2.47. The molecule has 0 spiro atoms. The lowest BCUT2D eigenvalue weighted by Crippen LogP contribution is -2.23. The third-order valence-corrected chi connectivity index (χ3v) is 3.07. The van der Waals surface area contributed by atoms with E-state index in [2.05, 4.69) is 21.2 Å². The van der Waals surface area contributed by atoms with E-state index in [0.717, 1.165) is 0 Å². The second-order valence-electron chi connectivity index (χ2n) is 4.10. The average molecular weight is 333 g/mol. The van der Waals surface area contributed by atoms with Gasteiger partial charge in [0.15, 0.2) is 0 Å². The molecule has 0 saturated carbocycles. The summed E-state index contributed by atoms with van der Waals surface area (Å²) in [6, 6.07) is 4.96. The van der Waals surface area contributed by atoms with Crippen molar-refractivity contribution >= 4 is 21.6 Å². The van der Waals surface area contributed by atoms with Gasteiger partial charge in [-0.15, -0.1) is 0 Å². The number of nitrogens with zero attached hydrogens (tertiary/aromatic N) is 1. The quantitative estimate of drug-likeness (QED) is 0.431. The molecule has 0 radical (unpaired) electrons. The van der Waals surface area contributed by atoms with E-state index in [0.29, 0.717) is 36.2 Å². The summed E-state index contributed by atoms with van der Waals surface area (Å²) < 4.78 is 5.49. The van der Waals surface area contributed by atoms with E-state index in [4.69, 9.17) is 4.74 Å². The lowest BCUT2D eigenvalue weighted by molar-refractivity contribution is -0.385. The van der Waals surface area contributed by atoms with Gasteiger partial charge in [-0.25, -0.2) is 0 Å². The maximum Gasteiger partial charge on any atom is 0.275 e. The molecule has 0 heterocycles. The van der Waals surface area contributed by atoms with Gasteiger partial charge in [-0.2, -0.15) is 0 Å². The lowest BCUT2D eigenvalue weighted by atomic mass is 10.2. The Hall–Kier alpha value is -1.02. The molecule has 2 N–H and O–H groups in total. The van der Waals surface area contributed by atoms with E-state index < -0.39 is 11.0 Å². The van der Waals surface area contributed by atoms with Crippen LogP contribution < -0.4 is 5.32 Å². The van der Waals surface area contributed by atoms with Crippen LogP contribution in [0.3, 0.4) is 0 Å². The molecule has 0 aromatic heterocycles. The van der Waals surface area contributed by atoms with Crippen LogP contribution in [0.4, 0.5) is 5.69 Å². The van der Waals surface area contributed by atoms with Crippen molar-refractivity contribution in [2.24, 2.45) is 0 Å². The number of nitrogens with one attached hydrogen (secondary N) is 1. The second-order valence-corrected chi connectivity index (χ2v) is 5.02. The van der Waals surface area contributed by atoms with Crippen LogP contribution in [0.25, 0.3) is 0 Å². The molecule has 0 aliphatic rings. The first-order valence-electron chi connectivity index (χ1n) is 5.85. The fourth-order valence-corrected chi connectivity index (χ4v) is 1.97. The number of ether oxygens (including phenoxy) is 1. The van der Waals surface area contributed by atoms with Crippen LogP contribution in [-0.2, 0) is 11.3 Å². The largest absolute Gasteiger partial charge is 0.391 e. The number of aliphatic hydroxyl groups excluding tert-OH is 1. The van der Waals surface area contributed by atoms with Crippen molar-refractivity contribution in [2.45, 2.75) is 19.1 Å². The van der Waals surface area contributed by atoms with Gasteiger partial charge in [0, 0.05) is 29.8 Å². The highest BCUT2D eigenvalue weighted by Gasteiger charge is 2.13. The summed E-state index contributed by atoms with van der Waals surface area (Å²) >= 11 is 3.21. The highest BCUT2D eigenvalue weighted by Crippen LogP contribution is 2.23. The van der Waals surface area contributed by atoms with Gasteiger partial charge in [0.05, 0.1) is 17.6 Å². The Morgan fingerprint density at radius 2 is 2.32 bits per heavy atom. The Labute approximate surface area is 120 Å². The zero-order valence-electron chi connectivity index (χ0n) is 10.6. The first-order chi connectivity index (χ1) is 9.04. The van der Waals surface area contributed by atoms with E-state index in [1.54, 1.807) is 12.1 Å². The number of nitro benzene ring substituents is 1. The predicted octanol–water partition coefficient (Wildman–Crippen LogP) is 1.84. The average Bonchev–Trinajstić information content (AvgIpc) is 2.36. The summed E-state index contributed by atoms with van der Waals surface area (Å²) in [6.45, 7) is 1.25. The zero-order chi connectivity index (χ0) is 14.3. The van der Waals surface area contributed by atoms with Gasteiger partial charge in [0.2, 0.25) is 0 Å². The molecule has 1 atom stereocenters. The van der Waals surface area contributed by atoms with Crippen LogP contribution in [0, 0.1) is 10.1 Å². The van der Waals surface area contributed by atoms with Crippen molar-refractivity contribution in [3.8, 4) is 0 Å². The smallest absolute Gasteiger partial charge is 0.275 e. The van der Waals surface area contributed by atoms with E-state index in [1.807, 2.05) is 0 Å². The predicted molar refractivity (Wildman–Crippen MR) is 75.0 cm³/mol. The summed E-state index contributed by atoms with van der Waals surface area (Å²) in [5, 5.41) is 23.4. The molecular formula is C12H17BrN2O4. The van der Waals surface area contributed by atoms with Crippen molar-refractivity contribution in [3.63, 3.8) is 0 Å². The van der Waals surface area contributed by atoms with Crippen molar-refractivity contribution in [3.05, 3.63) is 38.3 Å².